The SMILES string of the molecule is CCCOC(=O)c1ccc(N2CC(C(=O)OC(CCCl)C(=O)c3ccc(F)cc3)CC2=O)cc1. The Morgan fingerprint density at radius 3 is 2.35 bits per heavy atom. The number of alkyl halides is 1. The molecule has 0 bridgehead atoms. The summed E-state index contributed by atoms with van der Waals surface area (Å²) in [6.07, 6.45) is -0.404. The van der Waals surface area contributed by atoms with E-state index in [9.17, 15) is 23.6 Å². The van der Waals surface area contributed by atoms with Crippen LogP contribution >= 0.6 is 11.6 Å². The number of halogens is 2. The highest BCUT2D eigenvalue weighted by molar-refractivity contribution is 6.18. The van der Waals surface area contributed by atoms with E-state index in [1.165, 1.54) is 17.0 Å². The number of amides is 1. The average molecular weight is 490 g/mol. The van der Waals surface area contributed by atoms with Gasteiger partial charge in [0.1, 0.15) is 5.82 Å². The van der Waals surface area contributed by atoms with E-state index in [4.69, 9.17) is 21.1 Å². The summed E-state index contributed by atoms with van der Waals surface area (Å²) in [6.45, 7) is 2.30. The molecule has 1 fully saturated rings. The zero-order chi connectivity index (χ0) is 24.7. The maximum atomic E-state index is 13.2. The van der Waals surface area contributed by atoms with Crippen LogP contribution in [0.15, 0.2) is 48.5 Å². The summed E-state index contributed by atoms with van der Waals surface area (Å²) in [7, 11) is 0. The summed E-state index contributed by atoms with van der Waals surface area (Å²) in [6, 6.07) is 11.3. The van der Waals surface area contributed by atoms with Crippen LogP contribution in [0.1, 0.15) is 46.9 Å². The summed E-state index contributed by atoms with van der Waals surface area (Å²) >= 11 is 5.79. The van der Waals surface area contributed by atoms with Crippen LogP contribution in [0.3, 0.4) is 0 Å². The predicted octanol–water partition coefficient (Wildman–Crippen LogP) is 4.17. The van der Waals surface area contributed by atoms with E-state index in [1.807, 2.05) is 6.92 Å². The number of anilines is 1. The van der Waals surface area contributed by atoms with E-state index in [2.05, 4.69) is 0 Å². The first-order valence-electron chi connectivity index (χ1n) is 11.0. The van der Waals surface area contributed by atoms with E-state index in [1.54, 1.807) is 24.3 Å². The fraction of sp³-hybridized carbons (Fsp3) is 0.360. The zero-order valence-corrected chi connectivity index (χ0v) is 19.4. The van der Waals surface area contributed by atoms with Crippen molar-refractivity contribution < 1.29 is 33.0 Å². The smallest absolute Gasteiger partial charge is 0.338 e. The molecule has 34 heavy (non-hydrogen) atoms. The van der Waals surface area contributed by atoms with E-state index in [0.29, 0.717) is 24.3 Å². The van der Waals surface area contributed by atoms with Crippen LogP contribution in [-0.2, 0) is 19.1 Å². The third-order valence-corrected chi connectivity index (χ3v) is 5.58. The van der Waals surface area contributed by atoms with Crippen molar-refractivity contribution in [2.75, 3.05) is 23.9 Å². The molecule has 1 saturated heterocycles. The first-order chi connectivity index (χ1) is 16.3. The second kappa shape index (κ2) is 11.7. The van der Waals surface area contributed by atoms with Gasteiger partial charge < -0.3 is 14.4 Å². The Balaban J connectivity index is 1.64. The van der Waals surface area contributed by atoms with Crippen molar-refractivity contribution in [3.8, 4) is 0 Å². The third kappa shape index (κ3) is 6.20. The Hall–Kier alpha value is -3.26. The first-order valence-corrected chi connectivity index (χ1v) is 11.5. The largest absolute Gasteiger partial charge is 0.462 e. The standard InChI is InChI=1S/C25H25ClFNO6/c1-2-13-33-24(31)17-5-9-20(10-6-17)28-15-18(14-22(28)29)25(32)34-21(11-12-26)23(30)16-3-7-19(27)8-4-16/h3-10,18,21H,2,11-15H2,1H3. The third-order valence-electron chi connectivity index (χ3n) is 5.36. The first kappa shape index (κ1) is 25.4. The van der Waals surface area contributed by atoms with Crippen molar-refractivity contribution in [1.82, 2.24) is 0 Å². The Morgan fingerprint density at radius 1 is 1.09 bits per heavy atom. The topological polar surface area (TPSA) is 90.0 Å². The molecule has 2 unspecified atom stereocenters. The van der Waals surface area contributed by atoms with Crippen LogP contribution < -0.4 is 4.90 Å². The molecule has 1 heterocycles. The Labute approximate surface area is 201 Å². The van der Waals surface area contributed by atoms with Gasteiger partial charge in [-0.3, -0.25) is 14.4 Å². The molecule has 2 aromatic carbocycles. The van der Waals surface area contributed by atoms with Crippen LogP contribution in [0.5, 0.6) is 0 Å². The maximum absolute atomic E-state index is 13.2. The molecule has 1 aliphatic rings. The molecule has 0 radical (unpaired) electrons. The van der Waals surface area contributed by atoms with Gasteiger partial charge in [0, 0.05) is 36.5 Å². The average Bonchev–Trinajstić information content (AvgIpc) is 3.24. The minimum atomic E-state index is -1.13. The Kier molecular flexibility index (Phi) is 8.76. The molecule has 180 valence electrons. The molecular weight excluding hydrogens is 465 g/mol. The normalized spacial score (nSPS) is 16.3. The van der Waals surface area contributed by atoms with Gasteiger partial charge in [0.2, 0.25) is 11.7 Å². The van der Waals surface area contributed by atoms with Crippen molar-refractivity contribution in [1.29, 1.82) is 0 Å². The van der Waals surface area contributed by atoms with Crippen LogP contribution in [0.25, 0.3) is 0 Å². The Morgan fingerprint density at radius 2 is 1.74 bits per heavy atom. The Bertz CT molecular complexity index is 1040. The van der Waals surface area contributed by atoms with E-state index in [0.717, 1.165) is 12.1 Å². The molecule has 0 spiro atoms. The number of carbonyl (C=O) groups excluding carboxylic acids is 4. The minimum Gasteiger partial charge on any atom is -0.462 e. The number of ether oxygens (including phenoxy) is 2. The second-order valence-electron chi connectivity index (χ2n) is 7.86. The maximum Gasteiger partial charge on any atom is 0.338 e. The zero-order valence-electron chi connectivity index (χ0n) is 18.7. The van der Waals surface area contributed by atoms with Crippen molar-refractivity contribution in [3.63, 3.8) is 0 Å². The lowest BCUT2D eigenvalue weighted by Crippen LogP contribution is -2.32. The van der Waals surface area contributed by atoms with Crippen molar-refractivity contribution >= 4 is 40.9 Å². The quantitative estimate of drug-likeness (QED) is 0.283. The van der Waals surface area contributed by atoms with E-state index < -0.39 is 35.6 Å². The number of ketones is 1. The van der Waals surface area contributed by atoms with Crippen LogP contribution in [0, 0.1) is 11.7 Å². The van der Waals surface area contributed by atoms with Crippen LogP contribution in [0.2, 0.25) is 0 Å². The molecule has 0 aliphatic carbocycles. The summed E-state index contributed by atoms with van der Waals surface area (Å²) in [5.74, 6) is -3.06. The fourth-order valence-electron chi connectivity index (χ4n) is 3.55. The number of Topliss-reactive ketones (excluding diaryl/α,β-unsaturated/α-hetero) is 1. The monoisotopic (exact) mass is 489 g/mol. The lowest BCUT2D eigenvalue weighted by molar-refractivity contribution is -0.151. The number of hydrogen-bond acceptors (Lipinski definition) is 6. The molecule has 9 heteroatoms. The van der Waals surface area contributed by atoms with E-state index in [-0.39, 0.29) is 36.7 Å². The molecule has 3 rings (SSSR count). The van der Waals surface area contributed by atoms with Crippen LogP contribution in [0.4, 0.5) is 10.1 Å². The van der Waals surface area contributed by atoms with Crippen molar-refractivity contribution in [3.05, 3.63) is 65.5 Å². The van der Waals surface area contributed by atoms with Gasteiger partial charge in [-0.15, -0.1) is 11.6 Å². The van der Waals surface area contributed by atoms with Gasteiger partial charge in [0.05, 0.1) is 18.1 Å². The van der Waals surface area contributed by atoms with Gasteiger partial charge in [-0.25, -0.2) is 9.18 Å². The lowest BCUT2D eigenvalue weighted by atomic mass is 10.0. The fourth-order valence-corrected chi connectivity index (χ4v) is 3.75. The summed E-state index contributed by atoms with van der Waals surface area (Å²) in [5.41, 5.74) is 1.10. The van der Waals surface area contributed by atoms with Gasteiger partial charge in [0.25, 0.3) is 0 Å². The van der Waals surface area contributed by atoms with Gasteiger partial charge >= 0.3 is 11.9 Å². The summed E-state index contributed by atoms with van der Waals surface area (Å²) in [4.78, 5) is 51.4. The number of carbonyl (C=O) groups is 4. The number of rotatable bonds is 10. The molecule has 0 aromatic heterocycles. The molecule has 0 N–H and O–H groups in total. The molecule has 7 nitrogen and oxygen atoms in total. The van der Waals surface area contributed by atoms with Crippen molar-refractivity contribution in [2.45, 2.75) is 32.3 Å². The lowest BCUT2D eigenvalue weighted by Gasteiger charge is -2.19. The molecule has 1 aliphatic heterocycles. The summed E-state index contributed by atoms with van der Waals surface area (Å²) in [5, 5.41) is 0. The van der Waals surface area contributed by atoms with Gasteiger partial charge in [-0.05, 0) is 55.0 Å². The predicted molar refractivity (Wildman–Crippen MR) is 123 cm³/mol. The van der Waals surface area contributed by atoms with Crippen LogP contribution in [-0.4, -0.2) is 48.8 Å². The highest BCUT2D eigenvalue weighted by Crippen LogP contribution is 2.27. The molecule has 2 aromatic rings. The highest BCUT2D eigenvalue weighted by atomic mass is 35.5. The van der Waals surface area contributed by atoms with Gasteiger partial charge in [-0.1, -0.05) is 6.92 Å². The van der Waals surface area contributed by atoms with E-state index >= 15 is 0 Å². The number of hydrogen-bond donors (Lipinski definition) is 0. The summed E-state index contributed by atoms with van der Waals surface area (Å²) < 4.78 is 23.7. The number of nitrogens with zero attached hydrogens (tertiary/aromatic N) is 1. The molecular formula is C25H25ClFNO6. The minimum absolute atomic E-state index is 0.0720. The number of esters is 2. The van der Waals surface area contributed by atoms with Gasteiger partial charge in [0.15, 0.2) is 6.10 Å². The molecule has 2 atom stereocenters. The number of benzene rings is 2. The molecule has 0 saturated carbocycles. The second-order valence-corrected chi connectivity index (χ2v) is 8.24. The molecule has 1 amide bonds. The van der Waals surface area contributed by atoms with Crippen molar-refractivity contribution in [2.24, 2.45) is 5.92 Å². The highest BCUT2D eigenvalue weighted by Gasteiger charge is 2.38. The van der Waals surface area contributed by atoms with Gasteiger partial charge in [-0.2, -0.15) is 0 Å².